The van der Waals surface area contributed by atoms with E-state index in [-0.39, 0.29) is 18.2 Å². The van der Waals surface area contributed by atoms with E-state index in [0.717, 1.165) is 0 Å². The molecule has 2 rings (SSSR count). The molecule has 0 bridgehead atoms. The molecule has 1 aromatic carbocycles. The van der Waals surface area contributed by atoms with Crippen LogP contribution in [0.25, 0.3) is 0 Å². The smallest absolute Gasteiger partial charge is 0.337 e. The number of carbonyl (C=O) groups excluding carboxylic acids is 3. The molecule has 0 spiro atoms. The van der Waals surface area contributed by atoms with Crippen molar-refractivity contribution in [1.29, 1.82) is 0 Å². The van der Waals surface area contributed by atoms with Gasteiger partial charge in [0, 0.05) is 25.2 Å². The van der Waals surface area contributed by atoms with Crippen molar-refractivity contribution in [3.05, 3.63) is 29.8 Å². The summed E-state index contributed by atoms with van der Waals surface area (Å²) >= 11 is 1.33. The summed E-state index contributed by atoms with van der Waals surface area (Å²) in [6, 6.07) is 6.38. The number of methoxy groups -OCH3 is 1. The average Bonchev–Trinajstić information content (AvgIpc) is 2.89. The van der Waals surface area contributed by atoms with E-state index in [1.54, 1.807) is 29.2 Å². The van der Waals surface area contributed by atoms with Crippen LogP contribution in [-0.4, -0.2) is 53.3 Å². The zero-order valence-corrected chi connectivity index (χ0v) is 15.3. The van der Waals surface area contributed by atoms with Gasteiger partial charge in [0.05, 0.1) is 12.7 Å². The van der Waals surface area contributed by atoms with Crippen LogP contribution in [0.15, 0.2) is 29.3 Å². The van der Waals surface area contributed by atoms with Crippen molar-refractivity contribution in [3.63, 3.8) is 0 Å². The minimum absolute atomic E-state index is 0.0709. The van der Waals surface area contributed by atoms with Gasteiger partial charge in [-0.3, -0.25) is 19.5 Å². The minimum atomic E-state index is -0.459. The normalized spacial score (nSPS) is 18.5. The number of esters is 1. The molecule has 0 aromatic heterocycles. The maximum absolute atomic E-state index is 12.4. The van der Waals surface area contributed by atoms with Crippen LogP contribution < -0.4 is 5.32 Å². The lowest BCUT2D eigenvalue weighted by molar-refractivity contribution is -0.128. The second-order valence-electron chi connectivity index (χ2n) is 5.27. The van der Waals surface area contributed by atoms with Crippen LogP contribution in [0.1, 0.15) is 30.6 Å². The maximum atomic E-state index is 12.4. The molecular formula is C17H21N3O4S. The molecule has 1 aliphatic heterocycles. The molecular weight excluding hydrogens is 342 g/mol. The summed E-state index contributed by atoms with van der Waals surface area (Å²) in [6.07, 6.45) is 0.0709. The summed E-state index contributed by atoms with van der Waals surface area (Å²) in [5, 5.41) is 2.96. The summed E-state index contributed by atoms with van der Waals surface area (Å²) in [5.41, 5.74) is 0.962. The lowest BCUT2D eigenvalue weighted by atomic mass is 10.2. The quantitative estimate of drug-likeness (QED) is 0.783. The summed E-state index contributed by atoms with van der Waals surface area (Å²) in [6.45, 7) is 4.92. The number of thioether (sulfide) groups is 1. The van der Waals surface area contributed by atoms with Crippen molar-refractivity contribution < 1.29 is 19.1 Å². The number of hydrogen-bond acceptors (Lipinski definition) is 6. The predicted molar refractivity (Wildman–Crippen MR) is 97.8 cm³/mol. The lowest BCUT2D eigenvalue weighted by Gasteiger charge is -2.13. The molecule has 1 aliphatic rings. The van der Waals surface area contributed by atoms with E-state index in [0.29, 0.717) is 29.5 Å². The fraction of sp³-hybridized carbons (Fsp3) is 0.412. The van der Waals surface area contributed by atoms with E-state index in [1.165, 1.54) is 18.9 Å². The number of benzene rings is 1. The van der Waals surface area contributed by atoms with Gasteiger partial charge in [0.1, 0.15) is 5.25 Å². The highest BCUT2D eigenvalue weighted by Crippen LogP contribution is 2.29. The van der Waals surface area contributed by atoms with Gasteiger partial charge in [0.2, 0.25) is 11.8 Å². The second kappa shape index (κ2) is 8.66. The van der Waals surface area contributed by atoms with E-state index in [2.05, 4.69) is 15.0 Å². The van der Waals surface area contributed by atoms with Gasteiger partial charge >= 0.3 is 5.97 Å². The Balaban J connectivity index is 1.97. The van der Waals surface area contributed by atoms with Gasteiger partial charge in [-0.15, -0.1) is 0 Å². The van der Waals surface area contributed by atoms with Crippen molar-refractivity contribution >= 4 is 40.4 Å². The number of rotatable bonds is 6. The molecule has 0 aliphatic carbocycles. The first-order chi connectivity index (χ1) is 12.0. The monoisotopic (exact) mass is 363 g/mol. The van der Waals surface area contributed by atoms with Gasteiger partial charge < -0.3 is 10.1 Å². The Morgan fingerprint density at radius 1 is 1.28 bits per heavy atom. The Morgan fingerprint density at radius 3 is 2.52 bits per heavy atom. The third kappa shape index (κ3) is 4.60. The Bertz CT molecular complexity index is 688. The molecule has 0 unspecified atom stereocenters. The highest BCUT2D eigenvalue weighted by atomic mass is 32.2. The topological polar surface area (TPSA) is 88.1 Å². The molecule has 25 heavy (non-hydrogen) atoms. The van der Waals surface area contributed by atoms with Crippen LogP contribution in [0.4, 0.5) is 5.69 Å². The van der Waals surface area contributed by atoms with E-state index in [1.807, 2.05) is 13.8 Å². The number of anilines is 1. The first kappa shape index (κ1) is 19.0. The molecule has 8 heteroatoms. The molecule has 0 saturated carbocycles. The standard InChI is InChI=1S/C17H21N3O4S/c1-4-18-17-20(5-2)15(22)13(25-17)10-14(21)19-12-8-6-11(7-9-12)16(23)24-3/h6-9,13H,4-5,10H2,1-3H3,(H,19,21)/t13-/m1/s1. The van der Waals surface area contributed by atoms with Crippen LogP contribution in [-0.2, 0) is 14.3 Å². The van der Waals surface area contributed by atoms with Gasteiger partial charge in [-0.1, -0.05) is 11.8 Å². The molecule has 1 atom stereocenters. The highest BCUT2D eigenvalue weighted by molar-refractivity contribution is 8.15. The highest BCUT2D eigenvalue weighted by Gasteiger charge is 2.38. The van der Waals surface area contributed by atoms with E-state index in [4.69, 9.17) is 0 Å². The van der Waals surface area contributed by atoms with Crippen molar-refractivity contribution in [2.75, 3.05) is 25.5 Å². The number of amides is 2. The molecule has 7 nitrogen and oxygen atoms in total. The number of ether oxygens (including phenoxy) is 1. The fourth-order valence-corrected chi connectivity index (χ4v) is 3.64. The Hall–Kier alpha value is -2.35. The number of hydrogen-bond donors (Lipinski definition) is 1. The summed E-state index contributed by atoms with van der Waals surface area (Å²) < 4.78 is 4.63. The van der Waals surface area contributed by atoms with E-state index < -0.39 is 11.2 Å². The van der Waals surface area contributed by atoms with Gasteiger partial charge in [0.25, 0.3) is 0 Å². The molecule has 1 saturated heterocycles. The van der Waals surface area contributed by atoms with E-state index >= 15 is 0 Å². The lowest BCUT2D eigenvalue weighted by Crippen LogP contribution is -2.33. The summed E-state index contributed by atoms with van der Waals surface area (Å²) in [5.74, 6) is -0.783. The van der Waals surface area contributed by atoms with Gasteiger partial charge in [-0.05, 0) is 38.1 Å². The van der Waals surface area contributed by atoms with Crippen molar-refractivity contribution in [3.8, 4) is 0 Å². The second-order valence-corrected chi connectivity index (χ2v) is 6.44. The Morgan fingerprint density at radius 2 is 1.96 bits per heavy atom. The Kier molecular flexibility index (Phi) is 6.58. The fourth-order valence-electron chi connectivity index (χ4n) is 2.38. The number of nitrogens with one attached hydrogen (secondary N) is 1. The van der Waals surface area contributed by atoms with Crippen LogP contribution in [0.2, 0.25) is 0 Å². The zero-order valence-electron chi connectivity index (χ0n) is 14.4. The summed E-state index contributed by atoms with van der Waals surface area (Å²) in [7, 11) is 1.31. The Labute approximate surface area is 150 Å². The van der Waals surface area contributed by atoms with Crippen LogP contribution >= 0.6 is 11.8 Å². The largest absolute Gasteiger partial charge is 0.465 e. The van der Waals surface area contributed by atoms with Gasteiger partial charge in [0.15, 0.2) is 5.17 Å². The molecule has 2 amide bonds. The predicted octanol–water partition coefficient (Wildman–Crippen LogP) is 2.14. The SMILES string of the molecule is CCN=C1S[C@H](CC(=O)Nc2ccc(C(=O)OC)cc2)C(=O)N1CC. The van der Waals surface area contributed by atoms with Crippen molar-refractivity contribution in [1.82, 2.24) is 4.90 Å². The number of amidine groups is 1. The molecule has 1 heterocycles. The third-order valence-electron chi connectivity index (χ3n) is 3.59. The van der Waals surface area contributed by atoms with Gasteiger partial charge in [-0.2, -0.15) is 0 Å². The van der Waals surface area contributed by atoms with Gasteiger partial charge in [-0.25, -0.2) is 4.79 Å². The molecule has 134 valence electrons. The zero-order chi connectivity index (χ0) is 18.4. The van der Waals surface area contributed by atoms with Crippen LogP contribution in [0.5, 0.6) is 0 Å². The van der Waals surface area contributed by atoms with Crippen molar-refractivity contribution in [2.24, 2.45) is 4.99 Å². The first-order valence-electron chi connectivity index (χ1n) is 8.00. The number of aliphatic imine (C=N–C) groups is 1. The molecule has 1 fully saturated rings. The first-order valence-corrected chi connectivity index (χ1v) is 8.88. The average molecular weight is 363 g/mol. The number of nitrogens with zero attached hydrogens (tertiary/aromatic N) is 2. The molecule has 1 aromatic rings. The van der Waals surface area contributed by atoms with E-state index in [9.17, 15) is 14.4 Å². The van der Waals surface area contributed by atoms with Crippen LogP contribution in [0, 0.1) is 0 Å². The molecule has 1 N–H and O–H groups in total. The summed E-state index contributed by atoms with van der Waals surface area (Å²) in [4.78, 5) is 41.9. The van der Waals surface area contributed by atoms with Crippen molar-refractivity contribution in [2.45, 2.75) is 25.5 Å². The minimum Gasteiger partial charge on any atom is -0.465 e. The third-order valence-corrected chi connectivity index (χ3v) is 4.80. The maximum Gasteiger partial charge on any atom is 0.337 e. The number of carbonyl (C=O) groups is 3. The molecule has 0 radical (unpaired) electrons. The van der Waals surface area contributed by atoms with Crippen LogP contribution in [0.3, 0.4) is 0 Å².